The molecule has 0 atom stereocenters. The standard InChI is InChI=1S/C32H18N4O2.2C6H4N.2Pt/c1-5-23(17-29(9-1)37-31-19-25(11-15-35-31)27-7-3-13-33-21-27)24-6-2-10-30(18-24)38-32-20-26(12-16-36-32)28-8-4-14-34-22-28;2*1-2-7-5-3-4-6-7;;/h1-4,7-16,19-22H;2*3-6H;;/q-4;2*-1;;. The van der Waals surface area contributed by atoms with Gasteiger partial charge in [0.15, 0.2) is 0 Å². The first-order valence-corrected chi connectivity index (χ1v) is 15.8. The second-order valence-electron chi connectivity index (χ2n) is 10.5. The monoisotopic (exact) mass is 1060 g/mol. The molecule has 0 aliphatic rings. The average molecular weight is 1060 g/mol. The van der Waals surface area contributed by atoms with Gasteiger partial charge in [-0.2, -0.15) is 12.1 Å². The molecule has 2 aromatic carbocycles. The third-order valence-corrected chi connectivity index (χ3v) is 7.03. The van der Waals surface area contributed by atoms with Crippen LogP contribution in [-0.4, -0.2) is 29.1 Å². The first-order valence-electron chi connectivity index (χ1n) is 15.8. The van der Waals surface area contributed by atoms with Crippen molar-refractivity contribution in [2.75, 3.05) is 0 Å². The smallest absolute Gasteiger partial charge is 0.216 e. The van der Waals surface area contributed by atoms with Crippen molar-refractivity contribution in [1.82, 2.24) is 29.1 Å². The largest absolute Gasteiger partial charge is 0.669 e. The summed E-state index contributed by atoms with van der Waals surface area (Å²) in [7, 11) is 0. The zero-order chi connectivity index (χ0) is 35.8. The zero-order valence-corrected chi connectivity index (χ0v) is 32.7. The Morgan fingerprint density at radius 3 is 1.30 bits per heavy atom. The van der Waals surface area contributed by atoms with E-state index < -0.39 is 0 Å². The van der Waals surface area contributed by atoms with Gasteiger partial charge in [-0.15, -0.1) is 0 Å². The maximum Gasteiger partial charge on any atom is 0.216 e. The molecule has 10 heteroatoms. The van der Waals surface area contributed by atoms with Crippen LogP contribution >= 0.6 is 0 Å². The summed E-state index contributed by atoms with van der Waals surface area (Å²) in [6.45, 7) is 0. The average Bonchev–Trinajstić information content (AvgIpc) is 3.95. The summed E-state index contributed by atoms with van der Waals surface area (Å²) < 4.78 is 15.1. The summed E-state index contributed by atoms with van der Waals surface area (Å²) in [5.74, 6) is 1.89. The van der Waals surface area contributed by atoms with Crippen LogP contribution in [0.25, 0.3) is 33.4 Å². The molecule has 0 amide bonds. The van der Waals surface area contributed by atoms with Gasteiger partial charge in [-0.3, -0.25) is 22.1 Å². The fraction of sp³-hybridized carbons (Fsp3) is 0. The molecule has 8 nitrogen and oxygen atoms in total. The predicted octanol–water partition coefficient (Wildman–Crippen LogP) is 8.81. The first kappa shape index (κ1) is 40.5. The molecule has 6 aromatic heterocycles. The Bertz CT molecular complexity index is 2220. The van der Waals surface area contributed by atoms with E-state index in [1.54, 1.807) is 95.4 Å². The van der Waals surface area contributed by atoms with Crippen LogP contribution in [0.4, 0.5) is 0 Å². The van der Waals surface area contributed by atoms with Gasteiger partial charge in [-0.25, -0.2) is 22.1 Å². The molecule has 270 valence electrons. The fourth-order valence-corrected chi connectivity index (χ4v) is 4.59. The van der Waals surface area contributed by atoms with Crippen LogP contribution in [0.1, 0.15) is 0 Å². The quantitative estimate of drug-likeness (QED) is 0.117. The second-order valence-corrected chi connectivity index (χ2v) is 10.5. The SMILES string of the molecule is [C-]#Cn1cccc1.[C-]#Cn1cccc1.[Pt].[Pt].[c-]1ccc(Oc2cc(-c3cccnc3)ccn2)[c-]c1-c1[c-]ccc(Oc2cc(-c3cccnc3)ccn2)[c-]1. The number of rotatable bonds is 7. The molecule has 0 saturated carbocycles. The molecule has 6 heterocycles. The van der Waals surface area contributed by atoms with E-state index in [0.717, 1.165) is 22.3 Å². The minimum absolute atomic E-state index is 0. The van der Waals surface area contributed by atoms with Crippen LogP contribution in [0.15, 0.2) is 159 Å². The van der Waals surface area contributed by atoms with Gasteiger partial charge in [-0.1, -0.05) is 23.6 Å². The molecule has 0 saturated heterocycles. The summed E-state index contributed by atoms with van der Waals surface area (Å²) in [6, 6.07) is 46.9. The van der Waals surface area contributed by atoms with Gasteiger partial charge in [0.1, 0.15) is 0 Å². The maximum atomic E-state index is 6.57. The fourth-order valence-electron chi connectivity index (χ4n) is 4.59. The summed E-state index contributed by atoms with van der Waals surface area (Å²) >= 11 is 0. The number of aromatic nitrogens is 6. The molecule has 0 radical (unpaired) electrons. The van der Waals surface area contributed by atoms with Crippen LogP contribution in [0, 0.1) is 49.2 Å². The van der Waals surface area contributed by atoms with Gasteiger partial charge in [0.25, 0.3) is 0 Å². The van der Waals surface area contributed by atoms with Crippen LogP contribution in [0.3, 0.4) is 0 Å². The number of hydrogen-bond acceptors (Lipinski definition) is 6. The van der Waals surface area contributed by atoms with E-state index in [2.05, 4.69) is 56.3 Å². The molecule has 0 unspecified atom stereocenters. The van der Waals surface area contributed by atoms with Crippen molar-refractivity contribution in [3.05, 3.63) is 196 Å². The molecule has 0 N–H and O–H groups in total. The first-order chi connectivity index (χ1) is 25.7. The number of ether oxygens (including phenoxy) is 2. The molecule has 0 spiro atoms. The summed E-state index contributed by atoms with van der Waals surface area (Å²) in [4.78, 5) is 17.0. The number of hydrogen-bond donors (Lipinski definition) is 0. The van der Waals surface area contributed by atoms with E-state index in [0.29, 0.717) is 34.4 Å². The molecular weight excluding hydrogens is 1030 g/mol. The van der Waals surface area contributed by atoms with Gasteiger partial charge in [0, 0.05) is 127 Å². The van der Waals surface area contributed by atoms with Crippen molar-refractivity contribution in [3.63, 3.8) is 0 Å². The van der Waals surface area contributed by atoms with Gasteiger partial charge in [0.05, 0.1) is 0 Å². The predicted molar refractivity (Wildman–Crippen MR) is 196 cm³/mol. The molecular formula is C44H26N6O2Pt2-6. The molecule has 0 fully saturated rings. The van der Waals surface area contributed by atoms with Crippen LogP contribution in [-0.2, 0) is 42.1 Å². The second kappa shape index (κ2) is 21.3. The van der Waals surface area contributed by atoms with Crippen molar-refractivity contribution in [2.24, 2.45) is 0 Å². The number of nitrogens with zero attached hydrogens (tertiary/aromatic N) is 6. The Hall–Kier alpha value is -6.30. The van der Waals surface area contributed by atoms with E-state index in [9.17, 15) is 0 Å². The van der Waals surface area contributed by atoms with E-state index >= 15 is 0 Å². The Morgan fingerprint density at radius 1 is 0.519 bits per heavy atom. The van der Waals surface area contributed by atoms with Crippen molar-refractivity contribution in [2.45, 2.75) is 0 Å². The molecule has 8 rings (SSSR count). The van der Waals surface area contributed by atoms with Gasteiger partial charge in [-0.05, 0) is 59.7 Å². The normalized spacial score (nSPS) is 9.52. The minimum Gasteiger partial charge on any atom is -0.669 e. The Labute approximate surface area is 343 Å². The Morgan fingerprint density at radius 2 is 0.944 bits per heavy atom. The topological polar surface area (TPSA) is 79.9 Å². The molecule has 0 aliphatic carbocycles. The Kier molecular flexibility index (Phi) is 15.9. The summed E-state index contributed by atoms with van der Waals surface area (Å²) in [5, 5.41) is 0. The van der Waals surface area contributed by atoms with Crippen molar-refractivity contribution >= 4 is 0 Å². The van der Waals surface area contributed by atoms with Crippen LogP contribution < -0.4 is 9.47 Å². The van der Waals surface area contributed by atoms with Crippen LogP contribution in [0.2, 0.25) is 0 Å². The summed E-state index contributed by atoms with van der Waals surface area (Å²) in [5.41, 5.74) is 5.14. The zero-order valence-electron chi connectivity index (χ0n) is 28.1. The van der Waals surface area contributed by atoms with Gasteiger partial charge < -0.3 is 66.8 Å². The van der Waals surface area contributed by atoms with Gasteiger partial charge >= 0.3 is 0 Å². The number of pyridine rings is 4. The van der Waals surface area contributed by atoms with E-state index in [4.69, 9.17) is 22.3 Å². The molecule has 8 aromatic rings. The van der Waals surface area contributed by atoms with E-state index in [-0.39, 0.29) is 42.1 Å². The molecule has 54 heavy (non-hydrogen) atoms. The van der Waals surface area contributed by atoms with Crippen molar-refractivity contribution < 1.29 is 51.6 Å². The third kappa shape index (κ3) is 11.9. The van der Waals surface area contributed by atoms with E-state index in [1.165, 1.54) is 0 Å². The number of benzene rings is 2. The van der Waals surface area contributed by atoms with E-state index in [1.807, 2.05) is 72.8 Å². The minimum atomic E-state index is 0. The molecule has 0 bridgehead atoms. The van der Waals surface area contributed by atoms with Gasteiger partial charge in [0.2, 0.25) is 11.8 Å². The Balaban J connectivity index is 0.000000340. The van der Waals surface area contributed by atoms with Crippen LogP contribution in [0.5, 0.6) is 23.3 Å². The van der Waals surface area contributed by atoms with Crippen molar-refractivity contribution in [3.8, 4) is 68.7 Å². The maximum absolute atomic E-state index is 6.57. The van der Waals surface area contributed by atoms with Crippen molar-refractivity contribution in [1.29, 1.82) is 0 Å². The summed E-state index contributed by atoms with van der Waals surface area (Å²) in [6.07, 6.45) is 30.7. The third-order valence-electron chi connectivity index (χ3n) is 7.03. The molecule has 0 aliphatic heterocycles.